The van der Waals surface area contributed by atoms with Gasteiger partial charge in [-0.1, -0.05) is 30.3 Å². The number of sulfonamides is 1. The first-order valence-electron chi connectivity index (χ1n) is 6.58. The first-order chi connectivity index (χ1) is 10.1. The Labute approximate surface area is 125 Å². The maximum Gasteiger partial charge on any atom is 0.255 e. The molecule has 0 radical (unpaired) electrons. The second-order valence-corrected chi connectivity index (χ2v) is 5.88. The van der Waals surface area contributed by atoms with Crippen molar-refractivity contribution in [3.63, 3.8) is 0 Å². The normalized spacial score (nSPS) is 11.5. The summed E-state index contributed by atoms with van der Waals surface area (Å²) < 4.78 is 31.7. The van der Waals surface area contributed by atoms with Crippen LogP contribution in [0.2, 0.25) is 0 Å². The van der Waals surface area contributed by atoms with Crippen molar-refractivity contribution in [1.82, 2.24) is 0 Å². The van der Waals surface area contributed by atoms with Crippen molar-refractivity contribution in [2.45, 2.75) is 6.92 Å². The summed E-state index contributed by atoms with van der Waals surface area (Å²) in [5.41, 5.74) is 1.32. The van der Waals surface area contributed by atoms with Crippen LogP contribution in [0.25, 0.3) is 6.08 Å². The van der Waals surface area contributed by atoms with Crippen LogP contribution in [0.3, 0.4) is 0 Å². The van der Waals surface area contributed by atoms with E-state index in [1.165, 1.54) is 0 Å². The van der Waals surface area contributed by atoms with Crippen molar-refractivity contribution in [1.29, 1.82) is 0 Å². The van der Waals surface area contributed by atoms with Crippen LogP contribution in [0.15, 0.2) is 60.0 Å². The summed E-state index contributed by atoms with van der Waals surface area (Å²) in [4.78, 5) is 0. The van der Waals surface area contributed by atoms with Crippen molar-refractivity contribution in [2.75, 3.05) is 11.3 Å². The van der Waals surface area contributed by atoms with E-state index in [4.69, 9.17) is 4.74 Å². The molecule has 0 atom stereocenters. The van der Waals surface area contributed by atoms with Crippen molar-refractivity contribution in [3.05, 3.63) is 65.6 Å². The molecule has 1 N–H and O–H groups in total. The van der Waals surface area contributed by atoms with E-state index in [1.807, 2.05) is 37.3 Å². The third kappa shape index (κ3) is 4.96. The Morgan fingerprint density at radius 3 is 2.33 bits per heavy atom. The molecule has 110 valence electrons. The van der Waals surface area contributed by atoms with E-state index in [2.05, 4.69) is 4.72 Å². The van der Waals surface area contributed by atoms with E-state index in [9.17, 15) is 8.42 Å². The Kier molecular flexibility index (Phi) is 5.00. The highest BCUT2D eigenvalue weighted by Crippen LogP contribution is 2.17. The van der Waals surface area contributed by atoms with Crippen LogP contribution in [0.4, 0.5) is 5.69 Å². The van der Waals surface area contributed by atoms with Gasteiger partial charge < -0.3 is 4.74 Å². The molecule has 0 unspecified atom stereocenters. The third-order valence-corrected chi connectivity index (χ3v) is 3.68. The number of hydrogen-bond acceptors (Lipinski definition) is 3. The zero-order chi connectivity index (χ0) is 15.1. The van der Waals surface area contributed by atoms with E-state index < -0.39 is 10.0 Å². The van der Waals surface area contributed by atoms with Gasteiger partial charge in [-0.25, -0.2) is 8.42 Å². The predicted octanol–water partition coefficient (Wildman–Crippen LogP) is 3.50. The van der Waals surface area contributed by atoms with E-state index in [0.29, 0.717) is 18.0 Å². The van der Waals surface area contributed by atoms with E-state index in [1.54, 1.807) is 30.3 Å². The fourth-order valence-electron chi connectivity index (χ4n) is 1.72. The molecule has 0 aliphatic heterocycles. The van der Waals surface area contributed by atoms with Gasteiger partial charge in [0.05, 0.1) is 12.0 Å². The van der Waals surface area contributed by atoms with Gasteiger partial charge in [0.1, 0.15) is 5.75 Å². The lowest BCUT2D eigenvalue weighted by Crippen LogP contribution is -2.08. The Balaban J connectivity index is 2.05. The summed E-state index contributed by atoms with van der Waals surface area (Å²) in [5, 5.41) is 1.15. The lowest BCUT2D eigenvalue weighted by molar-refractivity contribution is 0.340. The number of rotatable bonds is 6. The molecule has 2 rings (SSSR count). The SMILES string of the molecule is CCOc1ccc(NS(=O)(=O)/C=C/c2ccccc2)cc1. The maximum absolute atomic E-state index is 12.0. The molecule has 0 aromatic heterocycles. The minimum atomic E-state index is -3.53. The molecule has 0 aliphatic rings. The molecular formula is C16H17NO3S. The van der Waals surface area contributed by atoms with Crippen molar-refractivity contribution in [2.24, 2.45) is 0 Å². The topological polar surface area (TPSA) is 55.4 Å². The fraction of sp³-hybridized carbons (Fsp3) is 0.125. The number of nitrogens with one attached hydrogen (secondary N) is 1. The maximum atomic E-state index is 12.0. The largest absolute Gasteiger partial charge is 0.494 e. The smallest absolute Gasteiger partial charge is 0.255 e. The quantitative estimate of drug-likeness (QED) is 0.888. The Morgan fingerprint density at radius 2 is 1.71 bits per heavy atom. The van der Waals surface area contributed by atoms with Crippen LogP contribution in [-0.2, 0) is 10.0 Å². The summed E-state index contributed by atoms with van der Waals surface area (Å²) in [7, 11) is -3.53. The summed E-state index contributed by atoms with van der Waals surface area (Å²) in [6.45, 7) is 2.47. The third-order valence-electron chi connectivity index (χ3n) is 2.66. The molecular weight excluding hydrogens is 286 g/mol. The number of anilines is 1. The Hall–Kier alpha value is -2.27. The van der Waals surface area contributed by atoms with Gasteiger partial charge in [0.2, 0.25) is 0 Å². The molecule has 0 saturated heterocycles. The summed E-state index contributed by atoms with van der Waals surface area (Å²) in [5.74, 6) is 0.709. The standard InChI is InChI=1S/C16H17NO3S/c1-2-20-16-10-8-15(9-11-16)17-21(18,19)13-12-14-6-4-3-5-7-14/h3-13,17H,2H2,1H3/b13-12+. The molecule has 2 aromatic carbocycles. The van der Waals surface area contributed by atoms with Crippen molar-refractivity contribution >= 4 is 21.8 Å². The van der Waals surface area contributed by atoms with Gasteiger partial charge in [0, 0.05) is 5.69 Å². The van der Waals surface area contributed by atoms with Crippen LogP contribution >= 0.6 is 0 Å². The van der Waals surface area contributed by atoms with Gasteiger partial charge >= 0.3 is 0 Å². The van der Waals surface area contributed by atoms with Gasteiger partial charge in [-0.05, 0) is 42.8 Å². The zero-order valence-corrected chi connectivity index (χ0v) is 12.5. The van der Waals surface area contributed by atoms with Crippen LogP contribution < -0.4 is 9.46 Å². The fourth-order valence-corrected chi connectivity index (χ4v) is 2.59. The molecule has 0 amide bonds. The first-order valence-corrected chi connectivity index (χ1v) is 8.12. The number of ether oxygens (including phenoxy) is 1. The van der Waals surface area contributed by atoms with Gasteiger partial charge in [-0.2, -0.15) is 0 Å². The minimum Gasteiger partial charge on any atom is -0.494 e. The molecule has 2 aromatic rings. The second-order valence-electron chi connectivity index (χ2n) is 4.32. The van der Waals surface area contributed by atoms with E-state index >= 15 is 0 Å². The van der Waals surface area contributed by atoms with Gasteiger partial charge in [-0.3, -0.25) is 4.72 Å². The summed E-state index contributed by atoms with van der Waals surface area (Å²) in [6.07, 6.45) is 1.55. The van der Waals surface area contributed by atoms with Crippen molar-refractivity contribution in [3.8, 4) is 5.75 Å². The molecule has 0 fully saturated rings. The lowest BCUT2D eigenvalue weighted by atomic mass is 10.2. The molecule has 0 bridgehead atoms. The molecule has 0 heterocycles. The van der Waals surface area contributed by atoms with Crippen LogP contribution in [0, 0.1) is 0 Å². The average Bonchev–Trinajstić information content (AvgIpc) is 2.48. The van der Waals surface area contributed by atoms with Gasteiger partial charge in [-0.15, -0.1) is 0 Å². The van der Waals surface area contributed by atoms with Crippen LogP contribution in [-0.4, -0.2) is 15.0 Å². The summed E-state index contributed by atoms with van der Waals surface area (Å²) in [6, 6.07) is 16.0. The molecule has 4 nitrogen and oxygen atoms in total. The molecule has 0 saturated carbocycles. The van der Waals surface area contributed by atoms with Crippen LogP contribution in [0.1, 0.15) is 12.5 Å². The number of benzene rings is 2. The Morgan fingerprint density at radius 1 is 1.05 bits per heavy atom. The van der Waals surface area contributed by atoms with Crippen molar-refractivity contribution < 1.29 is 13.2 Å². The number of hydrogen-bond donors (Lipinski definition) is 1. The first kappa shape index (κ1) is 15.1. The zero-order valence-electron chi connectivity index (χ0n) is 11.7. The van der Waals surface area contributed by atoms with E-state index in [-0.39, 0.29) is 0 Å². The van der Waals surface area contributed by atoms with E-state index in [0.717, 1.165) is 11.0 Å². The van der Waals surface area contributed by atoms with Gasteiger partial charge in [0.15, 0.2) is 0 Å². The lowest BCUT2D eigenvalue weighted by Gasteiger charge is -2.06. The molecule has 0 spiro atoms. The Bertz CT molecular complexity index is 692. The summed E-state index contributed by atoms with van der Waals surface area (Å²) >= 11 is 0. The monoisotopic (exact) mass is 303 g/mol. The highest BCUT2D eigenvalue weighted by Gasteiger charge is 2.05. The highest BCUT2D eigenvalue weighted by molar-refractivity contribution is 7.95. The average molecular weight is 303 g/mol. The minimum absolute atomic E-state index is 0.496. The highest BCUT2D eigenvalue weighted by atomic mass is 32.2. The molecule has 21 heavy (non-hydrogen) atoms. The molecule has 0 aliphatic carbocycles. The van der Waals surface area contributed by atoms with Gasteiger partial charge in [0.25, 0.3) is 10.0 Å². The second kappa shape index (κ2) is 6.95. The molecule has 5 heteroatoms. The van der Waals surface area contributed by atoms with Crippen LogP contribution in [0.5, 0.6) is 5.75 Å². The predicted molar refractivity (Wildman–Crippen MR) is 85.6 cm³/mol.